The fourth-order valence-corrected chi connectivity index (χ4v) is 2.38. The lowest BCUT2D eigenvalue weighted by molar-refractivity contribution is -0.154. The summed E-state index contributed by atoms with van der Waals surface area (Å²) in [7, 11) is 1.41. The smallest absolute Gasteiger partial charge is 0.422 e. The third-order valence-electron chi connectivity index (χ3n) is 3.54. The Hall–Kier alpha value is -2.57. The third kappa shape index (κ3) is 8.05. The number of rotatable bonds is 6. The molecular weight excluding hydrogens is 486 g/mol. The van der Waals surface area contributed by atoms with Crippen LogP contribution in [0.1, 0.15) is 12.1 Å². The van der Waals surface area contributed by atoms with E-state index < -0.39 is 49.7 Å². The summed E-state index contributed by atoms with van der Waals surface area (Å²) in [6.45, 7) is -1.70. The molecule has 0 radical (unpaired) electrons. The number of nitrogens with zero attached hydrogens (tertiary/aromatic N) is 3. The number of anilines is 2. The largest absolute Gasteiger partial charge is 0.468 e. The molecular formula is C17H15BrF6N4O2. The van der Waals surface area contributed by atoms with Crippen molar-refractivity contribution in [3.63, 3.8) is 0 Å². The van der Waals surface area contributed by atoms with Crippen molar-refractivity contribution >= 4 is 33.6 Å². The molecule has 0 aliphatic heterocycles. The molecule has 2 aromatic rings. The van der Waals surface area contributed by atoms with Gasteiger partial charge in [0, 0.05) is 29.7 Å². The molecule has 30 heavy (non-hydrogen) atoms. The van der Waals surface area contributed by atoms with Crippen molar-refractivity contribution in [2.24, 2.45) is 0 Å². The van der Waals surface area contributed by atoms with Crippen LogP contribution in [0.15, 0.2) is 34.8 Å². The predicted octanol–water partition coefficient (Wildman–Crippen LogP) is 5.34. The molecule has 2 rings (SSSR count). The van der Waals surface area contributed by atoms with Crippen LogP contribution in [-0.4, -0.2) is 42.0 Å². The number of hydrogen-bond acceptors (Lipinski definition) is 4. The SMILES string of the molecule is CN(C(=O)Nc1nc(CCC(F)(F)F)cc(OCC(F)(F)F)n1)c1ccc(Br)cc1. The highest BCUT2D eigenvalue weighted by molar-refractivity contribution is 9.10. The lowest BCUT2D eigenvalue weighted by atomic mass is 10.2. The van der Waals surface area contributed by atoms with E-state index in [1.165, 1.54) is 7.05 Å². The fraction of sp³-hybridized carbons (Fsp3) is 0.353. The number of benzene rings is 1. The zero-order valence-corrected chi connectivity index (χ0v) is 16.9. The Morgan fingerprint density at radius 1 is 1.10 bits per heavy atom. The van der Waals surface area contributed by atoms with Gasteiger partial charge in [-0.1, -0.05) is 15.9 Å². The molecule has 0 aliphatic carbocycles. The second-order valence-electron chi connectivity index (χ2n) is 6.01. The predicted molar refractivity (Wildman–Crippen MR) is 99.5 cm³/mol. The van der Waals surface area contributed by atoms with Crippen LogP contribution in [0.5, 0.6) is 5.88 Å². The zero-order chi connectivity index (χ0) is 22.5. The number of amides is 2. The van der Waals surface area contributed by atoms with Crippen LogP contribution < -0.4 is 15.0 Å². The first kappa shape index (κ1) is 23.7. The maximum absolute atomic E-state index is 12.5. The van der Waals surface area contributed by atoms with Gasteiger partial charge in [-0.3, -0.25) is 10.2 Å². The van der Waals surface area contributed by atoms with E-state index in [-0.39, 0.29) is 5.69 Å². The quantitative estimate of drug-likeness (QED) is 0.543. The van der Waals surface area contributed by atoms with Crippen molar-refractivity contribution in [1.29, 1.82) is 0 Å². The van der Waals surface area contributed by atoms with Gasteiger partial charge >= 0.3 is 18.4 Å². The number of nitrogens with one attached hydrogen (secondary N) is 1. The molecule has 0 atom stereocenters. The van der Waals surface area contributed by atoms with Gasteiger partial charge in [0.15, 0.2) is 6.61 Å². The van der Waals surface area contributed by atoms with Crippen LogP contribution in [-0.2, 0) is 6.42 Å². The minimum atomic E-state index is -4.68. The van der Waals surface area contributed by atoms with Crippen LogP contribution >= 0.6 is 15.9 Å². The molecule has 0 unspecified atom stereocenters. The standard InChI is InChI=1S/C17H15BrF6N4O2/c1-28(12-4-2-10(18)3-5-12)15(29)27-14-25-11(6-7-16(19,20)21)8-13(26-14)30-9-17(22,23)24/h2-5,8H,6-7,9H2,1H3,(H,25,26,27,29). The van der Waals surface area contributed by atoms with Crippen molar-refractivity contribution in [1.82, 2.24) is 9.97 Å². The van der Waals surface area contributed by atoms with Crippen LogP contribution in [0.25, 0.3) is 0 Å². The van der Waals surface area contributed by atoms with Crippen molar-refractivity contribution in [3.8, 4) is 5.88 Å². The highest BCUT2D eigenvalue weighted by Crippen LogP contribution is 2.24. The van der Waals surface area contributed by atoms with Gasteiger partial charge in [0.1, 0.15) is 0 Å². The highest BCUT2D eigenvalue weighted by atomic mass is 79.9. The van der Waals surface area contributed by atoms with Crippen LogP contribution in [0, 0.1) is 0 Å². The summed E-state index contributed by atoms with van der Waals surface area (Å²) in [4.78, 5) is 20.9. The van der Waals surface area contributed by atoms with Gasteiger partial charge in [-0.15, -0.1) is 0 Å². The van der Waals surface area contributed by atoms with Crippen LogP contribution in [0.3, 0.4) is 0 Å². The molecule has 0 saturated carbocycles. The van der Waals surface area contributed by atoms with E-state index in [1.54, 1.807) is 24.3 Å². The summed E-state index contributed by atoms with van der Waals surface area (Å²) in [5.74, 6) is -1.10. The Kier molecular flexibility index (Phi) is 7.50. The molecule has 1 aromatic heterocycles. The summed E-state index contributed by atoms with van der Waals surface area (Å²) in [6.07, 6.45) is -11.1. The number of carbonyl (C=O) groups is 1. The van der Waals surface area contributed by atoms with E-state index in [1.807, 2.05) is 0 Å². The summed E-state index contributed by atoms with van der Waals surface area (Å²) in [5.41, 5.74) is 0.235. The van der Waals surface area contributed by atoms with E-state index in [9.17, 15) is 31.1 Å². The number of hydrogen-bond donors (Lipinski definition) is 1. The lowest BCUT2D eigenvalue weighted by Crippen LogP contribution is -2.32. The second-order valence-corrected chi connectivity index (χ2v) is 6.92. The molecule has 1 heterocycles. The van der Waals surface area contributed by atoms with Crippen molar-refractivity contribution in [2.45, 2.75) is 25.2 Å². The van der Waals surface area contributed by atoms with E-state index in [0.29, 0.717) is 5.69 Å². The van der Waals surface area contributed by atoms with Gasteiger partial charge in [0.25, 0.3) is 0 Å². The number of aryl methyl sites for hydroxylation is 1. The average Bonchev–Trinajstić information content (AvgIpc) is 2.63. The summed E-state index contributed by atoms with van der Waals surface area (Å²) >= 11 is 3.25. The Bertz CT molecular complexity index is 838. The van der Waals surface area contributed by atoms with Crippen molar-refractivity contribution < 1.29 is 35.9 Å². The fourth-order valence-electron chi connectivity index (χ4n) is 2.12. The maximum atomic E-state index is 12.5. The molecule has 0 saturated heterocycles. The topological polar surface area (TPSA) is 67.4 Å². The van der Waals surface area contributed by atoms with Crippen LogP contribution in [0.4, 0.5) is 42.8 Å². The number of urea groups is 1. The maximum Gasteiger partial charge on any atom is 0.422 e. The van der Waals surface area contributed by atoms with Gasteiger partial charge < -0.3 is 4.74 Å². The minimum absolute atomic E-state index is 0.235. The van der Waals surface area contributed by atoms with Gasteiger partial charge in [0.05, 0.1) is 5.69 Å². The Labute approximate surface area is 175 Å². The first-order valence-electron chi connectivity index (χ1n) is 8.27. The van der Waals surface area contributed by atoms with Crippen molar-refractivity contribution in [2.75, 3.05) is 23.9 Å². The van der Waals surface area contributed by atoms with E-state index in [0.717, 1.165) is 15.4 Å². The second kappa shape index (κ2) is 9.49. The van der Waals surface area contributed by atoms with Gasteiger partial charge in [-0.25, -0.2) is 9.78 Å². The van der Waals surface area contributed by atoms with Crippen molar-refractivity contribution in [3.05, 3.63) is 40.5 Å². The normalized spacial score (nSPS) is 11.9. The molecule has 13 heteroatoms. The first-order valence-corrected chi connectivity index (χ1v) is 9.06. The van der Waals surface area contributed by atoms with Crippen LogP contribution in [0.2, 0.25) is 0 Å². The lowest BCUT2D eigenvalue weighted by Gasteiger charge is -2.18. The zero-order valence-electron chi connectivity index (χ0n) is 15.3. The number of ether oxygens (including phenoxy) is 1. The van der Waals surface area contributed by atoms with E-state index in [2.05, 4.69) is 36.0 Å². The molecule has 1 N–H and O–H groups in total. The average molecular weight is 501 g/mol. The number of halogens is 7. The summed E-state index contributed by atoms with van der Waals surface area (Å²) < 4.78 is 79.8. The van der Waals surface area contributed by atoms with Gasteiger partial charge in [-0.2, -0.15) is 31.3 Å². The molecule has 164 valence electrons. The monoisotopic (exact) mass is 500 g/mol. The Morgan fingerprint density at radius 2 is 1.73 bits per heavy atom. The molecule has 6 nitrogen and oxygen atoms in total. The molecule has 0 aliphatic rings. The molecule has 0 bridgehead atoms. The van der Waals surface area contributed by atoms with E-state index in [4.69, 9.17) is 0 Å². The van der Waals surface area contributed by atoms with Gasteiger partial charge in [0.2, 0.25) is 11.8 Å². The number of alkyl halides is 6. The number of aromatic nitrogens is 2. The summed E-state index contributed by atoms with van der Waals surface area (Å²) in [6, 6.07) is 6.69. The molecule has 0 spiro atoms. The highest BCUT2D eigenvalue weighted by Gasteiger charge is 2.30. The minimum Gasteiger partial charge on any atom is -0.468 e. The molecule has 0 fully saturated rings. The first-order chi connectivity index (χ1) is 13.8. The van der Waals surface area contributed by atoms with E-state index >= 15 is 0 Å². The Balaban J connectivity index is 2.20. The molecule has 1 aromatic carbocycles. The number of carbonyl (C=O) groups excluding carboxylic acids is 1. The third-order valence-corrected chi connectivity index (χ3v) is 4.07. The Morgan fingerprint density at radius 3 is 2.30 bits per heavy atom. The molecule has 2 amide bonds. The summed E-state index contributed by atoms with van der Waals surface area (Å²) in [5, 5.41) is 2.24. The van der Waals surface area contributed by atoms with Gasteiger partial charge in [-0.05, 0) is 30.7 Å².